The molecule has 0 aliphatic carbocycles. The van der Waals surface area contributed by atoms with Gasteiger partial charge in [0.25, 0.3) is 5.91 Å². The van der Waals surface area contributed by atoms with E-state index in [1.807, 2.05) is 49.9 Å². The monoisotopic (exact) mass is 641 g/mol. The van der Waals surface area contributed by atoms with Gasteiger partial charge in [-0.2, -0.15) is 10.5 Å². The Kier molecular flexibility index (Phi) is 18.1. The van der Waals surface area contributed by atoms with E-state index in [9.17, 15) is 4.79 Å². The zero-order valence-electron chi connectivity index (χ0n) is 30.3. The second-order valence-corrected chi connectivity index (χ2v) is 12.3. The van der Waals surface area contributed by atoms with Crippen molar-refractivity contribution in [2.24, 2.45) is 0 Å². The van der Waals surface area contributed by atoms with Gasteiger partial charge >= 0.3 is 0 Å². The van der Waals surface area contributed by atoms with Crippen molar-refractivity contribution in [1.82, 2.24) is 4.90 Å². The molecule has 1 heterocycles. The molecule has 4 aromatic rings. The van der Waals surface area contributed by atoms with Gasteiger partial charge in [-0.3, -0.25) is 4.79 Å². The van der Waals surface area contributed by atoms with Gasteiger partial charge in [0.1, 0.15) is 0 Å². The summed E-state index contributed by atoms with van der Waals surface area (Å²) in [5.74, 6) is 1.39. The molecule has 0 bridgehead atoms. The Morgan fingerprint density at radius 3 is 1.48 bits per heavy atom. The SMILES string of the molecule is CC.CCCC(CCC)c1ccc(C)cc1.Cc1ccc(C#N)cc1.Cc1ccc(C2CCN(C(=O)c3ccc(C#N)cc3)CC2)cc1. The van der Waals surface area contributed by atoms with Crippen molar-refractivity contribution in [2.75, 3.05) is 13.1 Å². The van der Waals surface area contributed by atoms with Crippen LogP contribution in [0.3, 0.4) is 0 Å². The zero-order chi connectivity index (χ0) is 35.3. The Morgan fingerprint density at radius 2 is 1.06 bits per heavy atom. The summed E-state index contributed by atoms with van der Waals surface area (Å²) in [5, 5.41) is 17.2. The molecule has 4 aromatic carbocycles. The molecule has 1 amide bonds. The Bertz CT molecular complexity index is 1540. The highest BCUT2D eigenvalue weighted by Gasteiger charge is 2.24. The van der Waals surface area contributed by atoms with Gasteiger partial charge < -0.3 is 4.90 Å². The molecule has 0 radical (unpaired) electrons. The van der Waals surface area contributed by atoms with Crippen LogP contribution in [0.25, 0.3) is 0 Å². The fourth-order valence-electron chi connectivity index (χ4n) is 5.77. The normalized spacial score (nSPS) is 12.2. The van der Waals surface area contributed by atoms with Crippen LogP contribution in [-0.4, -0.2) is 23.9 Å². The van der Waals surface area contributed by atoms with Crippen LogP contribution in [0, 0.1) is 43.4 Å². The largest absolute Gasteiger partial charge is 0.339 e. The van der Waals surface area contributed by atoms with Crippen molar-refractivity contribution >= 4 is 5.91 Å². The van der Waals surface area contributed by atoms with Crippen LogP contribution in [0.1, 0.15) is 127 Å². The maximum Gasteiger partial charge on any atom is 0.253 e. The minimum absolute atomic E-state index is 0.0665. The molecule has 1 fully saturated rings. The molecule has 1 aliphatic rings. The number of rotatable bonds is 7. The molecule has 0 N–H and O–H groups in total. The van der Waals surface area contributed by atoms with Crippen molar-refractivity contribution in [3.05, 3.63) is 142 Å². The van der Waals surface area contributed by atoms with Gasteiger partial charge in [-0.25, -0.2) is 0 Å². The summed E-state index contributed by atoms with van der Waals surface area (Å²) in [5.41, 5.74) is 8.70. The smallest absolute Gasteiger partial charge is 0.253 e. The molecule has 48 heavy (non-hydrogen) atoms. The second-order valence-electron chi connectivity index (χ2n) is 12.3. The Hall–Kier alpha value is -4.67. The van der Waals surface area contributed by atoms with E-state index < -0.39 is 0 Å². The first kappa shape index (κ1) is 39.5. The third-order valence-electron chi connectivity index (χ3n) is 8.60. The third kappa shape index (κ3) is 13.2. The van der Waals surface area contributed by atoms with E-state index in [2.05, 4.69) is 88.4 Å². The maximum atomic E-state index is 12.5. The minimum atomic E-state index is 0.0665. The van der Waals surface area contributed by atoms with Crippen molar-refractivity contribution in [3.63, 3.8) is 0 Å². The number of likely N-dealkylation sites (tertiary alicyclic amines) is 1. The summed E-state index contributed by atoms with van der Waals surface area (Å²) in [6, 6.07) is 36.3. The summed E-state index contributed by atoms with van der Waals surface area (Å²) >= 11 is 0. The highest BCUT2D eigenvalue weighted by Crippen LogP contribution is 2.29. The van der Waals surface area contributed by atoms with E-state index in [4.69, 9.17) is 10.5 Å². The lowest BCUT2D eigenvalue weighted by Gasteiger charge is -2.32. The number of nitrogens with zero attached hydrogens (tertiary/aromatic N) is 3. The van der Waals surface area contributed by atoms with Crippen LogP contribution in [0.15, 0.2) is 97.1 Å². The number of carbonyl (C=O) groups excluding carboxylic acids is 1. The Labute approximate surface area is 291 Å². The molecule has 0 aromatic heterocycles. The van der Waals surface area contributed by atoms with E-state index in [0.717, 1.165) is 37.4 Å². The number of hydrogen-bond acceptors (Lipinski definition) is 3. The average molecular weight is 642 g/mol. The predicted molar refractivity (Wildman–Crippen MR) is 201 cm³/mol. The van der Waals surface area contributed by atoms with Crippen molar-refractivity contribution in [2.45, 2.75) is 98.8 Å². The number of aryl methyl sites for hydroxylation is 3. The lowest BCUT2D eigenvalue weighted by atomic mass is 9.89. The summed E-state index contributed by atoms with van der Waals surface area (Å²) < 4.78 is 0. The lowest BCUT2D eigenvalue weighted by molar-refractivity contribution is 0.0713. The van der Waals surface area contributed by atoms with Gasteiger partial charge in [-0.1, -0.05) is 118 Å². The number of piperidine rings is 1. The Morgan fingerprint density at radius 1 is 0.667 bits per heavy atom. The van der Waals surface area contributed by atoms with E-state index in [1.165, 1.54) is 53.5 Å². The molecular weight excluding hydrogens is 587 g/mol. The van der Waals surface area contributed by atoms with Crippen LogP contribution in [0.4, 0.5) is 0 Å². The minimum Gasteiger partial charge on any atom is -0.339 e. The molecule has 1 aliphatic heterocycles. The molecule has 4 heteroatoms. The van der Waals surface area contributed by atoms with E-state index >= 15 is 0 Å². The van der Waals surface area contributed by atoms with E-state index in [1.54, 1.807) is 24.3 Å². The van der Waals surface area contributed by atoms with Gasteiger partial charge in [-0.05, 0) is 106 Å². The van der Waals surface area contributed by atoms with Crippen LogP contribution < -0.4 is 0 Å². The fourth-order valence-corrected chi connectivity index (χ4v) is 5.77. The van der Waals surface area contributed by atoms with Gasteiger partial charge in [-0.15, -0.1) is 0 Å². The highest BCUT2D eigenvalue weighted by atomic mass is 16.2. The van der Waals surface area contributed by atoms with Gasteiger partial charge in [0, 0.05) is 18.7 Å². The topological polar surface area (TPSA) is 67.9 Å². The third-order valence-corrected chi connectivity index (χ3v) is 8.60. The molecule has 0 atom stereocenters. The Balaban J connectivity index is 0.000000272. The molecule has 5 rings (SSSR count). The summed E-state index contributed by atoms with van der Waals surface area (Å²) in [6.45, 7) is 16.4. The van der Waals surface area contributed by atoms with Crippen molar-refractivity contribution in [3.8, 4) is 12.1 Å². The van der Waals surface area contributed by atoms with Gasteiger partial charge in [0.15, 0.2) is 0 Å². The number of carbonyl (C=O) groups is 1. The van der Waals surface area contributed by atoms with E-state index in [0.29, 0.717) is 17.0 Å². The first-order chi connectivity index (χ1) is 23.3. The van der Waals surface area contributed by atoms with Crippen LogP contribution in [0.5, 0.6) is 0 Å². The first-order valence-corrected chi connectivity index (χ1v) is 17.7. The zero-order valence-corrected chi connectivity index (χ0v) is 30.3. The van der Waals surface area contributed by atoms with Crippen molar-refractivity contribution in [1.29, 1.82) is 10.5 Å². The first-order valence-electron chi connectivity index (χ1n) is 17.7. The van der Waals surface area contributed by atoms with E-state index in [-0.39, 0.29) is 5.91 Å². The number of benzene rings is 4. The van der Waals surface area contributed by atoms with Crippen LogP contribution in [-0.2, 0) is 0 Å². The van der Waals surface area contributed by atoms with Crippen molar-refractivity contribution < 1.29 is 4.79 Å². The number of hydrogen-bond donors (Lipinski definition) is 0. The molecule has 0 unspecified atom stereocenters. The highest BCUT2D eigenvalue weighted by molar-refractivity contribution is 5.94. The molecule has 0 saturated carbocycles. The van der Waals surface area contributed by atoms with Gasteiger partial charge in [0.05, 0.1) is 23.3 Å². The lowest BCUT2D eigenvalue weighted by Crippen LogP contribution is -2.37. The van der Waals surface area contributed by atoms with Crippen LogP contribution in [0.2, 0.25) is 0 Å². The molecule has 252 valence electrons. The quantitative estimate of drug-likeness (QED) is 0.202. The van der Waals surface area contributed by atoms with Crippen LogP contribution >= 0.6 is 0 Å². The predicted octanol–water partition coefficient (Wildman–Crippen LogP) is 11.5. The number of nitriles is 2. The molecule has 4 nitrogen and oxygen atoms in total. The maximum absolute atomic E-state index is 12.5. The average Bonchev–Trinajstić information content (AvgIpc) is 3.14. The second kappa shape index (κ2) is 22.0. The molecule has 0 spiro atoms. The fraction of sp³-hybridized carbons (Fsp3) is 0.386. The summed E-state index contributed by atoms with van der Waals surface area (Å²) in [4.78, 5) is 14.5. The summed E-state index contributed by atoms with van der Waals surface area (Å²) in [7, 11) is 0. The molecule has 1 saturated heterocycles. The van der Waals surface area contributed by atoms with Gasteiger partial charge in [0.2, 0.25) is 0 Å². The number of amides is 1. The summed E-state index contributed by atoms with van der Waals surface area (Å²) in [6.07, 6.45) is 7.25. The standard InChI is InChI=1S/C20H20N2O.C14H22.C8H7N.C2H6/c1-15-2-6-17(7-3-15)18-10-12-22(13-11-18)20(23)19-8-4-16(14-21)5-9-19;1-4-6-13(7-5-2)14-10-8-12(3)9-11-14;1-7-2-4-8(6-9)5-3-7;1-2/h2-9,18H,10-13H2,1H3;8-11,13H,4-7H2,1-3H3;2-5H,1H3;1-2H3. The molecular formula is C44H55N3O.